The first-order chi connectivity index (χ1) is 25.4. The topological polar surface area (TPSA) is 248 Å². The van der Waals surface area contributed by atoms with Gasteiger partial charge in [-0.15, -0.1) is 0 Å². The number of anilines is 2. The number of nitro benzene ring substituents is 2. The van der Waals surface area contributed by atoms with E-state index in [1.165, 1.54) is 36.4 Å². The van der Waals surface area contributed by atoms with Gasteiger partial charge >= 0.3 is 5.97 Å². The summed E-state index contributed by atoms with van der Waals surface area (Å²) in [4.78, 5) is 65.4. The van der Waals surface area contributed by atoms with Crippen molar-refractivity contribution in [3.8, 4) is 0 Å². The zero-order valence-electron chi connectivity index (χ0n) is 28.0. The third-order valence-electron chi connectivity index (χ3n) is 6.83. The first-order valence-corrected chi connectivity index (χ1v) is 15.5. The first-order valence-electron chi connectivity index (χ1n) is 15.5. The number of Topliss-reactive ketones (excluding diaryl/α,β-unsaturated/α-hetero) is 2. The summed E-state index contributed by atoms with van der Waals surface area (Å²) in [5, 5.41) is 29.3. The number of hydrogen-bond donors (Lipinski definition) is 3. The van der Waals surface area contributed by atoms with Crippen molar-refractivity contribution < 1.29 is 29.3 Å². The highest BCUT2D eigenvalue weighted by atomic mass is 16.6. The fraction of sp³-hybridized carbons (Fsp3) is 0.0769. The number of nitrogens with two attached hydrogens (primary N) is 2. The van der Waals surface area contributed by atoms with Crippen molar-refractivity contribution >= 4 is 40.3 Å². The summed E-state index contributed by atoms with van der Waals surface area (Å²) in [7, 11) is 0. The molecule has 6 rings (SSSR count). The second kappa shape index (κ2) is 22.2. The van der Waals surface area contributed by atoms with Crippen LogP contribution >= 0.6 is 0 Å². The first kappa shape index (κ1) is 42.5. The van der Waals surface area contributed by atoms with E-state index in [0.29, 0.717) is 23.2 Å². The molecular formula is C39H37N7O8. The fourth-order valence-electron chi connectivity index (χ4n) is 4.20. The molecule has 0 aliphatic carbocycles. The molecule has 0 spiro atoms. The molecule has 0 unspecified atom stereocenters. The molecule has 0 aliphatic rings. The average molecular weight is 732 g/mol. The number of ketones is 2. The summed E-state index contributed by atoms with van der Waals surface area (Å²) in [5.74, 6) is -1.25. The van der Waals surface area contributed by atoms with E-state index >= 15 is 0 Å². The van der Waals surface area contributed by atoms with Crippen LogP contribution in [-0.2, 0) is 12.8 Å². The molecule has 0 amide bonds. The number of aromatic carboxylic acids is 1. The predicted octanol–water partition coefficient (Wildman–Crippen LogP) is 7.10. The van der Waals surface area contributed by atoms with Crippen molar-refractivity contribution in [3.05, 3.63) is 194 Å². The molecule has 0 saturated carbocycles. The zero-order chi connectivity index (χ0) is 38.6. The van der Waals surface area contributed by atoms with Crippen molar-refractivity contribution in [3.63, 3.8) is 0 Å². The standard InChI is InChI=1S/C13H10N2O3.C13H12N2O.C7H5NO4.C5H6N2.CH4/c16-13(8-10-4-6-14-7-5-10)11-2-1-3-12(9-11)15(17)18;14-12-3-1-2-11(9-12)13(16)8-10-4-6-15-7-5-10;9-7(10)5-2-1-3-6(4-5)8(11)12;6-5-1-3-7-4-2-5;/h1-7,9H,8H2;1-7,9H,8,14H2;1-4H,(H,9,10);1-4H,(H2,6,7);1H4. The maximum Gasteiger partial charge on any atom is 0.335 e. The normalized spacial score (nSPS) is 9.48. The lowest BCUT2D eigenvalue weighted by atomic mass is 10.0. The van der Waals surface area contributed by atoms with Crippen LogP contribution in [0.15, 0.2) is 146 Å². The summed E-state index contributed by atoms with van der Waals surface area (Å²) in [6.45, 7) is 0. The van der Waals surface area contributed by atoms with Gasteiger partial charge in [-0.2, -0.15) is 0 Å². The maximum atomic E-state index is 11.9. The van der Waals surface area contributed by atoms with E-state index in [1.54, 1.807) is 91.8 Å². The minimum Gasteiger partial charge on any atom is -0.478 e. The van der Waals surface area contributed by atoms with Crippen LogP contribution in [0, 0.1) is 20.2 Å². The van der Waals surface area contributed by atoms with Gasteiger partial charge in [0, 0.05) is 96.8 Å². The number of non-ortho nitro benzene ring substituents is 2. The highest BCUT2D eigenvalue weighted by molar-refractivity contribution is 5.98. The Balaban J connectivity index is 0.000000258. The number of benzene rings is 3. The third-order valence-corrected chi connectivity index (χ3v) is 6.83. The predicted molar refractivity (Wildman–Crippen MR) is 204 cm³/mol. The molecule has 0 fully saturated rings. The summed E-state index contributed by atoms with van der Waals surface area (Å²) < 4.78 is 0. The molecule has 0 bridgehead atoms. The third kappa shape index (κ3) is 15.1. The van der Waals surface area contributed by atoms with Gasteiger partial charge in [0.05, 0.1) is 15.4 Å². The number of nitrogen functional groups attached to an aromatic ring is 2. The molecule has 0 aliphatic heterocycles. The highest BCUT2D eigenvalue weighted by Crippen LogP contribution is 2.16. The van der Waals surface area contributed by atoms with Gasteiger partial charge in [-0.1, -0.05) is 37.8 Å². The Bertz CT molecular complexity index is 2110. The van der Waals surface area contributed by atoms with Gasteiger partial charge in [0.25, 0.3) is 11.4 Å². The number of carbonyl (C=O) groups excluding carboxylic acids is 2. The Morgan fingerprint density at radius 2 is 0.907 bits per heavy atom. The van der Waals surface area contributed by atoms with E-state index in [-0.39, 0.29) is 42.4 Å². The molecule has 3 aromatic carbocycles. The van der Waals surface area contributed by atoms with Crippen LogP contribution in [0.3, 0.4) is 0 Å². The molecule has 0 radical (unpaired) electrons. The van der Waals surface area contributed by atoms with Gasteiger partial charge in [0.1, 0.15) is 0 Å². The number of carbonyl (C=O) groups is 3. The van der Waals surface area contributed by atoms with Crippen molar-refractivity contribution in [2.45, 2.75) is 20.3 Å². The average Bonchev–Trinajstić information content (AvgIpc) is 3.17. The molecule has 3 heterocycles. The zero-order valence-corrected chi connectivity index (χ0v) is 28.0. The number of nitro groups is 2. The molecule has 6 aromatic rings. The maximum absolute atomic E-state index is 11.9. The van der Waals surface area contributed by atoms with Crippen LogP contribution in [0.1, 0.15) is 49.6 Å². The Kier molecular flexibility index (Phi) is 17.5. The van der Waals surface area contributed by atoms with Crippen molar-refractivity contribution in [2.24, 2.45) is 0 Å². The molecule has 276 valence electrons. The molecule has 0 saturated heterocycles. The lowest BCUT2D eigenvalue weighted by Crippen LogP contribution is -2.04. The van der Waals surface area contributed by atoms with E-state index in [1.807, 2.05) is 12.1 Å². The van der Waals surface area contributed by atoms with Crippen LogP contribution in [0.4, 0.5) is 22.7 Å². The van der Waals surface area contributed by atoms with Crippen molar-refractivity contribution in [1.82, 2.24) is 15.0 Å². The second-order valence-electron chi connectivity index (χ2n) is 10.7. The number of carboxylic acid groups (broad SMARTS) is 1. The van der Waals surface area contributed by atoms with Crippen LogP contribution < -0.4 is 11.5 Å². The van der Waals surface area contributed by atoms with Crippen LogP contribution in [-0.4, -0.2) is 47.4 Å². The summed E-state index contributed by atoms with van der Waals surface area (Å²) >= 11 is 0. The monoisotopic (exact) mass is 731 g/mol. The molecular weight excluding hydrogens is 694 g/mol. The number of pyridine rings is 3. The summed E-state index contributed by atoms with van der Waals surface area (Å²) in [5.41, 5.74) is 14.7. The molecule has 3 aromatic heterocycles. The Morgan fingerprint density at radius 1 is 0.537 bits per heavy atom. The Morgan fingerprint density at radius 3 is 1.28 bits per heavy atom. The number of carboxylic acids is 1. The van der Waals surface area contributed by atoms with Gasteiger partial charge in [-0.3, -0.25) is 44.8 Å². The van der Waals surface area contributed by atoms with Gasteiger partial charge in [0.2, 0.25) is 0 Å². The van der Waals surface area contributed by atoms with Crippen LogP contribution in [0.2, 0.25) is 0 Å². The quantitative estimate of drug-likeness (QED) is 0.0582. The fourth-order valence-corrected chi connectivity index (χ4v) is 4.20. The number of aromatic nitrogens is 3. The Hall–Kier alpha value is -7.68. The lowest BCUT2D eigenvalue weighted by molar-refractivity contribution is -0.385. The molecule has 15 heteroatoms. The second-order valence-corrected chi connectivity index (χ2v) is 10.7. The molecule has 15 nitrogen and oxygen atoms in total. The van der Waals surface area contributed by atoms with Gasteiger partial charge in [-0.05, 0) is 65.7 Å². The summed E-state index contributed by atoms with van der Waals surface area (Å²) in [6, 6.07) is 28.3. The minimum absolute atomic E-state index is 0. The molecule has 0 atom stereocenters. The number of rotatable bonds is 9. The number of nitrogens with zero attached hydrogens (tertiary/aromatic N) is 5. The molecule has 54 heavy (non-hydrogen) atoms. The van der Waals surface area contributed by atoms with E-state index in [0.717, 1.165) is 22.9 Å². The van der Waals surface area contributed by atoms with E-state index in [2.05, 4.69) is 15.0 Å². The van der Waals surface area contributed by atoms with E-state index in [4.69, 9.17) is 16.6 Å². The van der Waals surface area contributed by atoms with Crippen LogP contribution in [0.25, 0.3) is 0 Å². The Labute approximate surface area is 310 Å². The smallest absolute Gasteiger partial charge is 0.335 e. The van der Waals surface area contributed by atoms with Gasteiger partial charge in [0.15, 0.2) is 11.6 Å². The lowest BCUT2D eigenvalue weighted by Gasteiger charge is -2.02. The van der Waals surface area contributed by atoms with E-state index in [9.17, 15) is 34.6 Å². The van der Waals surface area contributed by atoms with Gasteiger partial charge in [-0.25, -0.2) is 4.79 Å². The van der Waals surface area contributed by atoms with Crippen LogP contribution in [0.5, 0.6) is 0 Å². The summed E-state index contributed by atoms with van der Waals surface area (Å²) in [6.07, 6.45) is 10.5. The number of hydrogen-bond acceptors (Lipinski definition) is 12. The molecule has 5 N–H and O–H groups in total. The van der Waals surface area contributed by atoms with E-state index < -0.39 is 15.8 Å². The van der Waals surface area contributed by atoms with Gasteiger partial charge < -0.3 is 16.6 Å². The van der Waals surface area contributed by atoms with Crippen molar-refractivity contribution in [1.29, 1.82) is 0 Å². The highest BCUT2D eigenvalue weighted by Gasteiger charge is 2.12. The van der Waals surface area contributed by atoms with Crippen molar-refractivity contribution in [2.75, 3.05) is 11.5 Å². The largest absolute Gasteiger partial charge is 0.478 e. The SMILES string of the molecule is C.Nc1cccc(C(=O)Cc2ccncc2)c1.Nc1ccncc1.O=C(Cc1ccncc1)c1cccc([N+](=O)[O-])c1.O=C(O)c1cccc([N+](=O)[O-])c1. The minimum atomic E-state index is -1.17.